The highest BCUT2D eigenvalue weighted by Gasteiger charge is 2.16. The Morgan fingerprint density at radius 2 is 1.41 bits per heavy atom. The highest BCUT2D eigenvalue weighted by molar-refractivity contribution is 6.00. The van der Waals surface area contributed by atoms with Crippen molar-refractivity contribution >= 4 is 23.1 Å². The molecular formula is C24H35ClN3O4-. The van der Waals surface area contributed by atoms with Gasteiger partial charge in [-0.2, -0.15) is 0 Å². The Balaban J connectivity index is 0.00000512. The molecule has 0 aliphatic heterocycles. The first-order valence-corrected chi connectivity index (χ1v) is 11.0. The van der Waals surface area contributed by atoms with E-state index in [1.165, 1.54) is 0 Å². The van der Waals surface area contributed by atoms with Crippen LogP contribution in [0.4, 0.5) is 21.9 Å². The van der Waals surface area contributed by atoms with Crippen molar-refractivity contribution in [2.24, 2.45) is 0 Å². The van der Waals surface area contributed by atoms with Crippen LogP contribution in [0.3, 0.4) is 0 Å². The zero-order chi connectivity index (χ0) is 22.8. The van der Waals surface area contributed by atoms with E-state index in [0.717, 1.165) is 30.0 Å². The van der Waals surface area contributed by atoms with E-state index >= 15 is 0 Å². The van der Waals surface area contributed by atoms with Crippen molar-refractivity contribution in [2.75, 3.05) is 48.4 Å². The van der Waals surface area contributed by atoms with Gasteiger partial charge < -0.3 is 42.2 Å². The minimum atomic E-state index is -0.340. The third kappa shape index (κ3) is 7.12. The SMILES string of the molecule is CCOc1cc(NC(=O)Nc2ccc(N(CC)CC)cc2C)cc(OCC)c1OCC.[Cl-]. The first-order valence-electron chi connectivity index (χ1n) is 11.0. The van der Waals surface area contributed by atoms with E-state index in [9.17, 15) is 4.79 Å². The molecule has 8 heteroatoms. The molecule has 7 nitrogen and oxygen atoms in total. The second-order valence-corrected chi connectivity index (χ2v) is 6.85. The lowest BCUT2D eigenvalue weighted by molar-refractivity contribution is -0.0000109. The molecule has 0 heterocycles. The summed E-state index contributed by atoms with van der Waals surface area (Å²) in [5, 5.41) is 5.79. The maximum atomic E-state index is 12.7. The lowest BCUT2D eigenvalue weighted by atomic mass is 10.1. The molecule has 0 unspecified atom stereocenters. The van der Waals surface area contributed by atoms with Gasteiger partial charge in [0.25, 0.3) is 0 Å². The maximum absolute atomic E-state index is 12.7. The summed E-state index contributed by atoms with van der Waals surface area (Å²) in [7, 11) is 0. The predicted molar refractivity (Wildman–Crippen MR) is 127 cm³/mol. The van der Waals surface area contributed by atoms with E-state index in [-0.39, 0.29) is 18.4 Å². The zero-order valence-corrected chi connectivity index (χ0v) is 20.6. The van der Waals surface area contributed by atoms with Crippen molar-refractivity contribution < 1.29 is 31.4 Å². The number of ether oxygens (including phenoxy) is 3. The van der Waals surface area contributed by atoms with Gasteiger partial charge in [-0.3, -0.25) is 0 Å². The molecule has 0 saturated heterocycles. The van der Waals surface area contributed by atoms with Gasteiger partial charge in [-0.1, -0.05) is 0 Å². The summed E-state index contributed by atoms with van der Waals surface area (Å²) < 4.78 is 17.1. The summed E-state index contributed by atoms with van der Waals surface area (Å²) in [4.78, 5) is 14.9. The molecule has 2 N–H and O–H groups in total. The number of urea groups is 1. The Morgan fingerprint density at radius 3 is 1.88 bits per heavy atom. The lowest BCUT2D eigenvalue weighted by Crippen LogP contribution is -3.00. The minimum Gasteiger partial charge on any atom is -1.00 e. The maximum Gasteiger partial charge on any atom is 0.323 e. The average molecular weight is 465 g/mol. The highest BCUT2D eigenvalue weighted by atomic mass is 35.5. The smallest absolute Gasteiger partial charge is 0.323 e. The Kier molecular flexibility index (Phi) is 11.6. The number of amides is 2. The van der Waals surface area contributed by atoms with Crippen LogP contribution in [-0.2, 0) is 0 Å². The van der Waals surface area contributed by atoms with Gasteiger partial charge in [-0.15, -0.1) is 0 Å². The number of aryl methyl sites for hydroxylation is 1. The number of nitrogens with one attached hydrogen (secondary N) is 2. The van der Waals surface area contributed by atoms with Crippen LogP contribution < -0.4 is 42.2 Å². The van der Waals surface area contributed by atoms with Crippen LogP contribution in [0.1, 0.15) is 40.2 Å². The Morgan fingerprint density at radius 1 is 0.844 bits per heavy atom. The standard InChI is InChI=1S/C24H35N3O4.ClH/c1-7-27(8-2)19-12-13-20(17(6)14-19)26-24(28)25-18-15-21(29-9-3)23(31-11-5)22(16-18)30-10-4;/h12-16H,7-11H2,1-6H3,(H2,25,26,28);1H/p-1. The highest BCUT2D eigenvalue weighted by Crippen LogP contribution is 2.40. The number of carbonyl (C=O) groups excluding carboxylic acids is 1. The number of carbonyl (C=O) groups is 1. The van der Waals surface area contributed by atoms with Gasteiger partial charge >= 0.3 is 6.03 Å². The van der Waals surface area contributed by atoms with Crippen molar-refractivity contribution in [1.29, 1.82) is 0 Å². The minimum absolute atomic E-state index is 0. The summed E-state index contributed by atoms with van der Waals surface area (Å²) in [6.45, 7) is 15.2. The van der Waals surface area contributed by atoms with Crippen LogP contribution in [-0.4, -0.2) is 38.9 Å². The van der Waals surface area contributed by atoms with Crippen molar-refractivity contribution in [3.05, 3.63) is 35.9 Å². The quantitative estimate of drug-likeness (QED) is 0.535. The lowest BCUT2D eigenvalue weighted by Gasteiger charge is -2.22. The second-order valence-electron chi connectivity index (χ2n) is 6.85. The molecule has 0 fully saturated rings. The average Bonchev–Trinajstić information content (AvgIpc) is 2.73. The summed E-state index contributed by atoms with van der Waals surface area (Å²) in [5.41, 5.74) is 3.46. The molecule has 2 aromatic carbocycles. The predicted octanol–water partition coefficient (Wildman–Crippen LogP) is 2.69. The van der Waals surface area contributed by atoms with E-state index in [2.05, 4.69) is 35.4 Å². The monoisotopic (exact) mass is 464 g/mol. The topological polar surface area (TPSA) is 72.1 Å². The summed E-state index contributed by atoms with van der Waals surface area (Å²) in [5.74, 6) is 1.61. The number of benzene rings is 2. The van der Waals surface area contributed by atoms with Crippen LogP contribution in [0.5, 0.6) is 17.2 Å². The van der Waals surface area contributed by atoms with Gasteiger partial charge in [0, 0.05) is 36.6 Å². The summed E-state index contributed by atoms with van der Waals surface area (Å²) >= 11 is 0. The van der Waals surface area contributed by atoms with Gasteiger partial charge in [-0.05, 0) is 65.3 Å². The van der Waals surface area contributed by atoms with Crippen LogP contribution in [0.25, 0.3) is 0 Å². The van der Waals surface area contributed by atoms with Crippen molar-refractivity contribution in [3.8, 4) is 17.2 Å². The first-order chi connectivity index (χ1) is 15.0. The molecule has 2 aromatic rings. The molecule has 0 bridgehead atoms. The van der Waals surface area contributed by atoms with Crippen LogP contribution in [0.2, 0.25) is 0 Å². The second kappa shape index (κ2) is 13.6. The largest absolute Gasteiger partial charge is 1.00 e. The number of hydrogen-bond donors (Lipinski definition) is 2. The third-order valence-corrected chi connectivity index (χ3v) is 4.75. The van der Waals surface area contributed by atoms with Gasteiger partial charge in [0.05, 0.1) is 25.5 Å². The van der Waals surface area contributed by atoms with E-state index in [1.54, 1.807) is 12.1 Å². The number of nitrogens with zero attached hydrogens (tertiary/aromatic N) is 1. The summed E-state index contributed by atoms with van der Waals surface area (Å²) in [6.07, 6.45) is 0. The number of rotatable bonds is 11. The van der Waals surface area contributed by atoms with Crippen LogP contribution >= 0.6 is 0 Å². The Labute approximate surface area is 197 Å². The zero-order valence-electron chi connectivity index (χ0n) is 19.9. The van der Waals surface area contributed by atoms with Gasteiger partial charge in [-0.25, -0.2) is 4.79 Å². The van der Waals surface area contributed by atoms with Gasteiger partial charge in [0.15, 0.2) is 11.5 Å². The molecule has 0 saturated carbocycles. The van der Waals surface area contributed by atoms with Crippen molar-refractivity contribution in [1.82, 2.24) is 0 Å². The number of hydrogen-bond acceptors (Lipinski definition) is 5. The molecule has 0 aromatic heterocycles. The van der Waals surface area contributed by atoms with E-state index in [0.29, 0.717) is 42.8 Å². The van der Waals surface area contributed by atoms with Crippen molar-refractivity contribution in [3.63, 3.8) is 0 Å². The van der Waals surface area contributed by atoms with Crippen LogP contribution in [0, 0.1) is 6.92 Å². The van der Waals surface area contributed by atoms with E-state index in [1.807, 2.05) is 39.8 Å². The fraction of sp³-hybridized carbons (Fsp3) is 0.458. The molecule has 2 rings (SSSR count). The number of halogens is 1. The molecule has 2 amide bonds. The Hall–Kier alpha value is -2.80. The Bertz CT molecular complexity index is 845. The van der Waals surface area contributed by atoms with Gasteiger partial charge in [0.1, 0.15) is 0 Å². The van der Waals surface area contributed by atoms with E-state index < -0.39 is 0 Å². The molecule has 0 aliphatic carbocycles. The molecule has 0 aliphatic rings. The molecular weight excluding hydrogens is 430 g/mol. The third-order valence-electron chi connectivity index (χ3n) is 4.75. The molecule has 0 atom stereocenters. The first kappa shape index (κ1) is 27.2. The van der Waals surface area contributed by atoms with Gasteiger partial charge in [0.2, 0.25) is 5.75 Å². The number of anilines is 3. The van der Waals surface area contributed by atoms with Crippen molar-refractivity contribution in [2.45, 2.75) is 41.5 Å². The summed E-state index contributed by atoms with van der Waals surface area (Å²) in [6, 6.07) is 9.18. The fourth-order valence-corrected chi connectivity index (χ4v) is 3.32. The molecule has 32 heavy (non-hydrogen) atoms. The molecule has 0 spiro atoms. The fourth-order valence-electron chi connectivity index (χ4n) is 3.32. The molecule has 0 radical (unpaired) electrons. The van der Waals surface area contributed by atoms with E-state index in [4.69, 9.17) is 14.2 Å². The molecule has 178 valence electrons. The van der Waals surface area contributed by atoms with Crippen LogP contribution in [0.15, 0.2) is 30.3 Å². The normalized spacial score (nSPS) is 10.1.